The Balaban J connectivity index is 8.83. The van der Waals surface area contributed by atoms with Crippen LogP contribution in [-0.4, -0.2) is 33.1 Å². The molecule has 0 fully saturated rings. The van der Waals surface area contributed by atoms with Gasteiger partial charge in [0.2, 0.25) is 7.49 Å². The van der Waals surface area contributed by atoms with Crippen LogP contribution in [-0.2, 0) is 4.79 Å². The smallest absolute Gasteiger partial charge is 0.255 e. The fraction of sp³-hybridized carbons (Fsp3) is 0.875. The van der Waals surface area contributed by atoms with Gasteiger partial charge < -0.3 is 0 Å². The SMILES string of the molecule is O=C(Cl)C(SF)(SF)C(SF)(SF)C(SF)(SF)C(SF)(SF)C(SF)(SF)C(SF)(SF)C(SF)(SF)SF. The van der Waals surface area contributed by atoms with Crippen molar-refractivity contribution in [2.75, 3.05) is 0 Å². The van der Waals surface area contributed by atoms with Crippen molar-refractivity contribution in [3.05, 3.63) is 0 Å². The lowest BCUT2D eigenvalue weighted by Crippen LogP contribution is -2.74. The summed E-state index contributed by atoms with van der Waals surface area (Å²) < 4.78 is 184. The molecule has 0 aromatic rings. The molecule has 40 heavy (non-hydrogen) atoms. The van der Waals surface area contributed by atoms with Gasteiger partial charge in [0, 0.05) is 0 Å². The van der Waals surface area contributed by atoms with E-state index in [1.807, 2.05) is 0 Å². The van der Waals surface area contributed by atoms with Crippen LogP contribution in [0.1, 0.15) is 0 Å². The molecule has 32 heteroatoms. The maximum absolute atomic E-state index is 14.9. The number of rotatable bonds is 22. The van der Waals surface area contributed by atoms with E-state index in [1.54, 1.807) is 0 Å². The molecule has 0 aliphatic carbocycles. The monoisotopic (exact) mass is 912 g/mol. The van der Waals surface area contributed by atoms with Crippen molar-refractivity contribution in [3.8, 4) is 0 Å². The molecule has 0 atom stereocenters. The minimum absolute atomic E-state index is 1.80. The van der Waals surface area contributed by atoms with Gasteiger partial charge in [0.1, 0.15) is 0 Å². The molecule has 0 spiro atoms. The maximum atomic E-state index is 14.9. The molecule has 240 valence electrons. The molecule has 0 radical (unpaired) electrons. The summed E-state index contributed by atoms with van der Waals surface area (Å²) in [6, 6.07) is 0. The summed E-state index contributed by atoms with van der Waals surface area (Å²) in [6.07, 6.45) is 0. The molecule has 0 unspecified atom stereocenters. The van der Waals surface area contributed by atoms with Gasteiger partial charge in [-0.1, -0.05) is 0 Å². The van der Waals surface area contributed by atoms with Crippen LogP contribution in [0.15, 0.2) is 0 Å². The molecule has 0 aromatic carbocycles. The topological polar surface area (TPSA) is 17.1 Å². The van der Waals surface area contributed by atoms with Gasteiger partial charge in [-0.2, -0.15) is 58.3 Å². The number of halogens is 16. The molecule has 0 bridgehead atoms. The summed E-state index contributed by atoms with van der Waals surface area (Å²) in [5, 5.41) is -2.61. The summed E-state index contributed by atoms with van der Waals surface area (Å²) in [4.78, 5) is 12.0. The van der Waals surface area contributed by atoms with Crippen LogP contribution >= 0.6 is 194 Å². The first-order valence-corrected chi connectivity index (χ1v) is 18.7. The van der Waals surface area contributed by atoms with Crippen LogP contribution in [0.4, 0.5) is 58.3 Å². The zero-order valence-electron chi connectivity index (χ0n) is 16.6. The lowest BCUT2D eigenvalue weighted by Gasteiger charge is -2.59. The minimum atomic E-state index is -5.02. The van der Waals surface area contributed by atoms with Crippen molar-refractivity contribution < 1.29 is 63.1 Å². The Labute approximate surface area is 287 Å². The fourth-order valence-electron chi connectivity index (χ4n) is 2.63. The highest BCUT2D eigenvalue weighted by Crippen LogP contribution is 2.85. The van der Waals surface area contributed by atoms with Crippen molar-refractivity contribution in [3.63, 3.8) is 0 Å². The van der Waals surface area contributed by atoms with Gasteiger partial charge in [-0.3, -0.25) is 4.79 Å². The summed E-state index contributed by atoms with van der Waals surface area (Å²) in [7, 11) is 0. The van der Waals surface area contributed by atoms with E-state index in [0.717, 1.165) is 0 Å². The van der Waals surface area contributed by atoms with Crippen molar-refractivity contribution in [1.29, 1.82) is 0 Å². The molecular weight excluding hydrogens is 914 g/mol. The quantitative estimate of drug-likeness (QED) is 0.0582. The number of hydrogen-bond donors (Lipinski definition) is 0. The highest BCUT2D eigenvalue weighted by atomic mass is 35.5. The second-order valence-electron chi connectivity index (χ2n) is 5.69. The van der Waals surface area contributed by atoms with Gasteiger partial charge in [-0.25, -0.2) is 0 Å². The Kier molecular flexibility index (Phi) is 20.6. The number of carbonyl (C=O) groups is 1. The third-order valence-corrected chi connectivity index (χ3v) is 22.9. The molecule has 0 saturated carbocycles. The van der Waals surface area contributed by atoms with Crippen molar-refractivity contribution in [1.82, 2.24) is 0 Å². The van der Waals surface area contributed by atoms with Gasteiger partial charge in [0.15, 0.2) is 20.4 Å². The van der Waals surface area contributed by atoms with Gasteiger partial charge in [0.05, 0.1) is 182 Å². The molecule has 0 aliphatic rings. The zero-order chi connectivity index (χ0) is 31.7. The zero-order valence-corrected chi connectivity index (χ0v) is 29.6. The Morgan fingerprint density at radius 1 is 0.350 bits per heavy atom. The van der Waals surface area contributed by atoms with E-state index in [2.05, 4.69) is 0 Å². The van der Waals surface area contributed by atoms with Crippen LogP contribution in [0, 0.1) is 0 Å². The van der Waals surface area contributed by atoms with Gasteiger partial charge in [-0.15, -0.1) is 0 Å². The van der Waals surface area contributed by atoms with Crippen LogP contribution in [0.25, 0.3) is 0 Å². The van der Waals surface area contributed by atoms with Gasteiger partial charge >= 0.3 is 0 Å². The highest BCUT2D eigenvalue weighted by Gasteiger charge is 2.91. The molecule has 0 heterocycles. The largest absolute Gasteiger partial charge is 0.278 e. The fourth-order valence-corrected chi connectivity index (χ4v) is 16.3. The predicted octanol–water partition coefficient (Wildman–Crippen LogP) is 14.8. The Morgan fingerprint density at radius 3 is 0.750 bits per heavy atom. The standard InChI is InChI=1S/C8ClF15OS15/c9-1(25)2(26-10,27-11)3(28-12,29-13)4(30-14,31-15)5(32-16,33-17)6(34-18,35-19)7(36-20,37-21)8(38-22,39-23)40-24. The molecule has 0 N–H and O–H groups in total. The summed E-state index contributed by atoms with van der Waals surface area (Å²) in [5.41, 5.74) is 0. The minimum Gasteiger partial charge on any atom is -0.278 e. The second kappa shape index (κ2) is 18.6. The summed E-state index contributed by atoms with van der Waals surface area (Å²) in [6.45, 7) is 0. The maximum Gasteiger partial charge on any atom is 0.255 e. The van der Waals surface area contributed by atoms with E-state index in [1.165, 1.54) is 0 Å². The normalized spacial score (nSPS) is 14.6. The first-order chi connectivity index (χ1) is 18.9. The molecule has 1 nitrogen and oxygen atoms in total. The predicted molar refractivity (Wildman–Crippen MR) is 160 cm³/mol. The average Bonchev–Trinajstić information content (AvgIpc) is 3.00. The third kappa shape index (κ3) is 5.99. The molecule has 0 saturated heterocycles. The van der Waals surface area contributed by atoms with E-state index in [0.29, 0.717) is 0 Å². The Morgan fingerprint density at radius 2 is 0.575 bits per heavy atom. The van der Waals surface area contributed by atoms with E-state index >= 15 is 0 Å². The van der Waals surface area contributed by atoms with Crippen LogP contribution < -0.4 is 0 Å². The molecule has 0 aliphatic heterocycles. The van der Waals surface area contributed by atoms with Crippen LogP contribution in [0.5, 0.6) is 0 Å². The number of carbonyl (C=O) groups excluding carboxylic acids is 1. The van der Waals surface area contributed by atoms with Crippen molar-refractivity contribution in [2.24, 2.45) is 0 Å². The molecule has 0 amide bonds. The second-order valence-corrected chi connectivity index (χ2v) is 19.9. The first kappa shape index (κ1) is 44.2. The van der Waals surface area contributed by atoms with Crippen molar-refractivity contribution in [2.45, 2.75) is 27.9 Å². The average molecular weight is 914 g/mol. The third-order valence-electron chi connectivity index (χ3n) is 4.44. The molecule has 0 aromatic heterocycles. The summed E-state index contributed by atoms with van der Waals surface area (Å²) in [5.74, 6) is 0. The van der Waals surface area contributed by atoms with E-state index in [-0.39, 0.29) is 0 Å². The summed E-state index contributed by atoms with van der Waals surface area (Å²) >= 11 is -24.8. The Hall–Kier alpha value is 4.16. The van der Waals surface area contributed by atoms with Crippen LogP contribution in [0.3, 0.4) is 0 Å². The highest BCUT2D eigenvalue weighted by molar-refractivity contribution is 8.34. The van der Waals surface area contributed by atoms with Crippen LogP contribution in [0.2, 0.25) is 0 Å². The first-order valence-electron chi connectivity index (χ1n) is 7.52. The molecular formula is C8ClF15OS15. The van der Waals surface area contributed by atoms with E-state index < -0.39 is 215 Å². The number of hydrogen-bond acceptors (Lipinski definition) is 16. The Bertz CT molecular complexity index is 771. The molecule has 0 rings (SSSR count). The van der Waals surface area contributed by atoms with Gasteiger partial charge in [-0.05, 0) is 11.6 Å². The van der Waals surface area contributed by atoms with Crippen molar-refractivity contribution >= 4 is 199 Å². The lowest BCUT2D eigenvalue weighted by atomic mass is 10.0. The van der Waals surface area contributed by atoms with E-state index in [4.69, 9.17) is 11.6 Å². The van der Waals surface area contributed by atoms with E-state index in [9.17, 15) is 63.1 Å². The van der Waals surface area contributed by atoms with Gasteiger partial charge in [0.25, 0.3) is 5.24 Å². The lowest BCUT2D eigenvalue weighted by molar-refractivity contribution is -0.112.